The van der Waals surface area contributed by atoms with Crippen LogP contribution >= 0.6 is 0 Å². The number of fused-ring (bicyclic) bond motifs is 1. The number of allylic oxidation sites excluding steroid dienone is 1. The van der Waals surface area contributed by atoms with Gasteiger partial charge < -0.3 is 4.90 Å². The van der Waals surface area contributed by atoms with Crippen LogP contribution in [-0.4, -0.2) is 18.9 Å². The van der Waals surface area contributed by atoms with E-state index in [1.807, 2.05) is 6.07 Å². The largest absolute Gasteiger partial charge is 0.368 e. The number of ketones is 1. The van der Waals surface area contributed by atoms with Gasteiger partial charge in [0.2, 0.25) is 0 Å². The highest BCUT2D eigenvalue weighted by molar-refractivity contribution is 5.94. The van der Waals surface area contributed by atoms with Crippen LogP contribution in [0, 0.1) is 0 Å². The van der Waals surface area contributed by atoms with E-state index in [0.29, 0.717) is 0 Å². The fourth-order valence-corrected chi connectivity index (χ4v) is 2.38. The van der Waals surface area contributed by atoms with Crippen LogP contribution in [0.1, 0.15) is 43.1 Å². The van der Waals surface area contributed by atoms with E-state index in [0.717, 1.165) is 25.1 Å². The number of rotatable bonds is 3. The number of benzene rings is 1. The van der Waals surface area contributed by atoms with Crippen molar-refractivity contribution in [3.8, 4) is 0 Å². The smallest absolute Gasteiger partial charge is 0.159 e. The lowest BCUT2D eigenvalue weighted by atomic mass is 9.98. The molecule has 0 saturated heterocycles. The highest BCUT2D eigenvalue weighted by atomic mass is 16.1. The van der Waals surface area contributed by atoms with Crippen molar-refractivity contribution in [1.29, 1.82) is 0 Å². The van der Waals surface area contributed by atoms with Gasteiger partial charge in [-0.1, -0.05) is 11.6 Å². The normalized spacial score (nSPS) is 14.1. The summed E-state index contributed by atoms with van der Waals surface area (Å²) in [5.74, 6) is 0.152. The molecule has 0 radical (unpaired) electrons. The summed E-state index contributed by atoms with van der Waals surface area (Å²) in [5, 5.41) is 0. The minimum absolute atomic E-state index is 0.152. The molecule has 0 unspecified atom stereocenters. The zero-order chi connectivity index (χ0) is 13.1. The van der Waals surface area contributed by atoms with Gasteiger partial charge in [-0.15, -0.1) is 0 Å². The van der Waals surface area contributed by atoms with Crippen molar-refractivity contribution in [3.63, 3.8) is 0 Å². The first-order valence-electron chi connectivity index (χ1n) is 6.60. The van der Waals surface area contributed by atoms with E-state index in [1.54, 1.807) is 6.92 Å². The number of nitrogens with zero attached hydrogens (tertiary/aromatic N) is 1. The number of aryl methyl sites for hydroxylation is 1. The van der Waals surface area contributed by atoms with Gasteiger partial charge in [-0.25, -0.2) is 0 Å². The second-order valence-corrected chi connectivity index (χ2v) is 5.23. The number of carbonyl (C=O) groups excluding carboxylic acids is 1. The summed E-state index contributed by atoms with van der Waals surface area (Å²) in [7, 11) is 0. The standard InChI is InChI=1S/C16H21NO/c1-12(2)8-10-17-9-4-5-15-11-14(13(3)18)6-7-16(15)17/h6-8,11H,4-5,9-10H2,1-3H3. The molecule has 0 aromatic heterocycles. The molecule has 0 fully saturated rings. The molecule has 1 aliphatic rings. The van der Waals surface area contributed by atoms with E-state index >= 15 is 0 Å². The molecule has 2 nitrogen and oxygen atoms in total. The topological polar surface area (TPSA) is 20.3 Å². The molecule has 1 heterocycles. The van der Waals surface area contributed by atoms with E-state index in [9.17, 15) is 4.79 Å². The Hall–Kier alpha value is -1.57. The minimum Gasteiger partial charge on any atom is -0.368 e. The zero-order valence-corrected chi connectivity index (χ0v) is 11.5. The number of hydrogen-bond donors (Lipinski definition) is 0. The van der Waals surface area contributed by atoms with Gasteiger partial charge in [-0.2, -0.15) is 0 Å². The molecule has 18 heavy (non-hydrogen) atoms. The van der Waals surface area contributed by atoms with Crippen LogP contribution in [0.5, 0.6) is 0 Å². The molecule has 0 atom stereocenters. The Labute approximate surface area is 109 Å². The Balaban J connectivity index is 2.27. The molecule has 0 bridgehead atoms. The van der Waals surface area contributed by atoms with Crippen molar-refractivity contribution in [2.45, 2.75) is 33.6 Å². The first kappa shape index (κ1) is 12.9. The fraction of sp³-hybridized carbons (Fsp3) is 0.438. The number of hydrogen-bond acceptors (Lipinski definition) is 2. The summed E-state index contributed by atoms with van der Waals surface area (Å²) >= 11 is 0. The van der Waals surface area contributed by atoms with Crippen LogP contribution in [0.15, 0.2) is 29.8 Å². The molecule has 1 aliphatic heterocycles. The Bertz CT molecular complexity index is 484. The van der Waals surface area contributed by atoms with Gasteiger partial charge in [0.25, 0.3) is 0 Å². The van der Waals surface area contributed by atoms with Gasteiger partial charge in [0.1, 0.15) is 0 Å². The van der Waals surface area contributed by atoms with Gasteiger partial charge in [0, 0.05) is 24.3 Å². The van der Waals surface area contributed by atoms with Crippen LogP contribution in [-0.2, 0) is 6.42 Å². The van der Waals surface area contributed by atoms with Crippen molar-refractivity contribution < 1.29 is 4.79 Å². The number of carbonyl (C=O) groups is 1. The van der Waals surface area contributed by atoms with Crippen molar-refractivity contribution in [1.82, 2.24) is 0 Å². The van der Waals surface area contributed by atoms with Crippen molar-refractivity contribution in [2.75, 3.05) is 18.0 Å². The predicted octanol–water partition coefficient (Wildman–Crippen LogP) is 3.61. The third-order valence-electron chi connectivity index (χ3n) is 3.42. The predicted molar refractivity (Wildman–Crippen MR) is 76.4 cm³/mol. The highest BCUT2D eigenvalue weighted by Gasteiger charge is 2.16. The van der Waals surface area contributed by atoms with Gasteiger partial charge in [0.15, 0.2) is 5.78 Å². The summed E-state index contributed by atoms with van der Waals surface area (Å²) in [4.78, 5) is 13.8. The van der Waals surface area contributed by atoms with Crippen LogP contribution in [0.2, 0.25) is 0 Å². The number of anilines is 1. The molecule has 0 aliphatic carbocycles. The highest BCUT2D eigenvalue weighted by Crippen LogP contribution is 2.28. The summed E-state index contributed by atoms with van der Waals surface area (Å²) in [6.07, 6.45) is 4.51. The van der Waals surface area contributed by atoms with Crippen LogP contribution < -0.4 is 4.90 Å². The second kappa shape index (κ2) is 5.38. The van der Waals surface area contributed by atoms with Crippen molar-refractivity contribution in [3.05, 3.63) is 41.0 Å². The van der Waals surface area contributed by atoms with Crippen LogP contribution in [0.3, 0.4) is 0 Å². The van der Waals surface area contributed by atoms with E-state index in [1.165, 1.54) is 23.2 Å². The molecule has 1 aromatic rings. The lowest BCUT2D eigenvalue weighted by Crippen LogP contribution is -2.29. The van der Waals surface area contributed by atoms with Crippen molar-refractivity contribution in [2.24, 2.45) is 0 Å². The molecule has 2 rings (SSSR count). The first-order chi connectivity index (χ1) is 8.58. The van der Waals surface area contributed by atoms with E-state index in [4.69, 9.17) is 0 Å². The molecule has 0 N–H and O–H groups in total. The third-order valence-corrected chi connectivity index (χ3v) is 3.42. The van der Waals surface area contributed by atoms with Gasteiger partial charge in [-0.05, 0) is 57.4 Å². The van der Waals surface area contributed by atoms with Crippen LogP contribution in [0.4, 0.5) is 5.69 Å². The van der Waals surface area contributed by atoms with Crippen molar-refractivity contribution >= 4 is 11.5 Å². The lowest BCUT2D eigenvalue weighted by molar-refractivity contribution is 0.101. The van der Waals surface area contributed by atoms with E-state index < -0.39 is 0 Å². The second-order valence-electron chi connectivity index (χ2n) is 5.23. The SMILES string of the molecule is CC(=O)c1ccc2c(c1)CCCN2CC=C(C)C. The van der Waals surface area contributed by atoms with Crippen LogP contribution in [0.25, 0.3) is 0 Å². The quantitative estimate of drug-likeness (QED) is 0.597. The summed E-state index contributed by atoms with van der Waals surface area (Å²) in [6.45, 7) is 7.96. The molecular formula is C16H21NO. The summed E-state index contributed by atoms with van der Waals surface area (Å²) in [5.41, 5.74) is 4.79. The molecule has 96 valence electrons. The van der Waals surface area contributed by atoms with Gasteiger partial charge >= 0.3 is 0 Å². The first-order valence-corrected chi connectivity index (χ1v) is 6.60. The lowest BCUT2D eigenvalue weighted by Gasteiger charge is -2.30. The molecule has 0 spiro atoms. The molecule has 2 heteroatoms. The van der Waals surface area contributed by atoms with E-state index in [-0.39, 0.29) is 5.78 Å². The monoisotopic (exact) mass is 243 g/mol. The number of Topliss-reactive ketones (excluding diaryl/α,β-unsaturated/α-hetero) is 1. The molecule has 1 aromatic carbocycles. The maximum Gasteiger partial charge on any atom is 0.159 e. The molecule has 0 amide bonds. The Morgan fingerprint density at radius 1 is 1.33 bits per heavy atom. The Morgan fingerprint density at radius 3 is 2.78 bits per heavy atom. The molecular weight excluding hydrogens is 222 g/mol. The summed E-state index contributed by atoms with van der Waals surface area (Å²) < 4.78 is 0. The minimum atomic E-state index is 0.152. The average molecular weight is 243 g/mol. The zero-order valence-electron chi connectivity index (χ0n) is 11.5. The summed E-state index contributed by atoms with van der Waals surface area (Å²) in [6, 6.07) is 6.11. The van der Waals surface area contributed by atoms with Gasteiger partial charge in [0.05, 0.1) is 0 Å². The Kier molecular flexibility index (Phi) is 3.85. The van der Waals surface area contributed by atoms with Gasteiger partial charge in [-0.3, -0.25) is 4.79 Å². The maximum atomic E-state index is 11.4. The molecule has 0 saturated carbocycles. The Morgan fingerprint density at radius 2 is 2.11 bits per heavy atom. The van der Waals surface area contributed by atoms with E-state index in [2.05, 4.69) is 37.0 Å². The fourth-order valence-electron chi connectivity index (χ4n) is 2.38. The average Bonchev–Trinajstić information content (AvgIpc) is 2.35. The third kappa shape index (κ3) is 2.81. The maximum absolute atomic E-state index is 11.4.